The molecule has 9 heteroatoms. The molecule has 0 aliphatic heterocycles. The van der Waals surface area contributed by atoms with Crippen LogP contribution >= 0.6 is 0 Å². The molecule has 0 spiro atoms. The molecule has 2 aromatic carbocycles. The van der Waals surface area contributed by atoms with Crippen LogP contribution < -0.4 is 10.1 Å². The molecular formula is C29H26N4O4S. The van der Waals surface area contributed by atoms with Crippen molar-refractivity contribution in [2.45, 2.75) is 36.8 Å². The molecule has 6 rings (SSSR count). The lowest BCUT2D eigenvalue weighted by Crippen LogP contribution is -2.15. The Labute approximate surface area is 220 Å². The van der Waals surface area contributed by atoms with Crippen LogP contribution in [-0.4, -0.2) is 35.2 Å². The highest BCUT2D eigenvalue weighted by molar-refractivity contribution is 7.90. The third-order valence-corrected chi connectivity index (χ3v) is 7.73. The SMILES string of the molecule is CC1(Oc2nc(NCc3ccc(-c4ccoc4)cc3)nc3ccc(-c4cccc(S(C)(=O)=O)c4)nc23)CC1. The molecular weight excluding hydrogens is 500 g/mol. The van der Waals surface area contributed by atoms with Gasteiger partial charge in [0.25, 0.3) is 0 Å². The number of furan rings is 1. The number of sulfone groups is 1. The summed E-state index contributed by atoms with van der Waals surface area (Å²) in [4.78, 5) is 14.4. The second-order valence-electron chi connectivity index (χ2n) is 9.83. The van der Waals surface area contributed by atoms with E-state index in [1.807, 2.05) is 24.3 Å². The average molecular weight is 527 g/mol. The molecule has 0 bridgehead atoms. The molecule has 1 aliphatic rings. The van der Waals surface area contributed by atoms with Crippen molar-refractivity contribution in [3.05, 3.63) is 84.8 Å². The molecule has 8 nitrogen and oxygen atoms in total. The van der Waals surface area contributed by atoms with Crippen molar-refractivity contribution in [3.8, 4) is 28.3 Å². The first kappa shape index (κ1) is 24.1. The van der Waals surface area contributed by atoms with Gasteiger partial charge in [0.1, 0.15) is 5.60 Å². The summed E-state index contributed by atoms with van der Waals surface area (Å²) in [5, 5.41) is 3.31. The zero-order valence-electron chi connectivity index (χ0n) is 21.0. The number of ether oxygens (including phenoxy) is 1. The molecule has 1 fully saturated rings. The number of fused-ring (bicyclic) bond motifs is 1. The summed E-state index contributed by atoms with van der Waals surface area (Å²) in [7, 11) is -3.34. The first-order valence-corrected chi connectivity index (χ1v) is 14.2. The highest BCUT2D eigenvalue weighted by atomic mass is 32.2. The number of nitrogens with zero attached hydrogens (tertiary/aromatic N) is 3. The molecule has 0 saturated heterocycles. The molecule has 0 unspecified atom stereocenters. The van der Waals surface area contributed by atoms with E-state index in [-0.39, 0.29) is 10.5 Å². The quantitative estimate of drug-likeness (QED) is 0.266. The Morgan fingerprint density at radius 3 is 2.47 bits per heavy atom. The van der Waals surface area contributed by atoms with Crippen molar-refractivity contribution in [2.75, 3.05) is 11.6 Å². The number of hydrogen-bond donors (Lipinski definition) is 1. The van der Waals surface area contributed by atoms with Gasteiger partial charge in [0, 0.05) is 23.9 Å². The summed E-state index contributed by atoms with van der Waals surface area (Å²) in [6.45, 7) is 2.59. The molecule has 0 atom stereocenters. The lowest BCUT2D eigenvalue weighted by atomic mass is 10.1. The summed E-state index contributed by atoms with van der Waals surface area (Å²) < 4.78 is 35.6. The molecule has 38 heavy (non-hydrogen) atoms. The minimum atomic E-state index is -3.34. The Morgan fingerprint density at radius 2 is 1.76 bits per heavy atom. The van der Waals surface area contributed by atoms with Crippen molar-refractivity contribution in [2.24, 2.45) is 0 Å². The Kier molecular flexibility index (Phi) is 5.87. The number of anilines is 1. The van der Waals surface area contributed by atoms with E-state index >= 15 is 0 Å². The molecule has 1 aliphatic carbocycles. The first-order chi connectivity index (χ1) is 18.3. The second kappa shape index (κ2) is 9.25. The molecule has 3 aromatic heterocycles. The van der Waals surface area contributed by atoms with Crippen LogP contribution in [0.1, 0.15) is 25.3 Å². The van der Waals surface area contributed by atoms with Crippen LogP contribution in [0.2, 0.25) is 0 Å². The fourth-order valence-corrected chi connectivity index (χ4v) is 4.79. The Balaban J connectivity index is 1.30. The van der Waals surface area contributed by atoms with Gasteiger partial charge in [-0.15, -0.1) is 0 Å². The molecule has 1 N–H and O–H groups in total. The van der Waals surface area contributed by atoms with E-state index in [0.29, 0.717) is 40.7 Å². The summed E-state index contributed by atoms with van der Waals surface area (Å²) in [5.74, 6) is 0.859. The van der Waals surface area contributed by atoms with Crippen LogP contribution in [0.25, 0.3) is 33.4 Å². The largest absolute Gasteiger partial charge is 0.472 e. The maximum atomic E-state index is 12.0. The Hall–Kier alpha value is -4.24. The third-order valence-electron chi connectivity index (χ3n) is 6.62. The maximum absolute atomic E-state index is 12.0. The average Bonchev–Trinajstić information content (AvgIpc) is 3.39. The van der Waals surface area contributed by atoms with Crippen molar-refractivity contribution in [1.82, 2.24) is 15.0 Å². The number of benzene rings is 2. The normalized spacial score (nSPS) is 14.4. The van der Waals surface area contributed by atoms with Gasteiger partial charge >= 0.3 is 0 Å². The van der Waals surface area contributed by atoms with Gasteiger partial charge in [-0.05, 0) is 61.2 Å². The summed E-state index contributed by atoms with van der Waals surface area (Å²) in [5.41, 5.74) is 5.42. The van der Waals surface area contributed by atoms with E-state index in [0.717, 1.165) is 29.5 Å². The molecule has 192 valence electrons. The van der Waals surface area contributed by atoms with Crippen molar-refractivity contribution >= 4 is 26.8 Å². The van der Waals surface area contributed by atoms with E-state index < -0.39 is 9.84 Å². The number of rotatable bonds is 8. The van der Waals surface area contributed by atoms with Gasteiger partial charge in [-0.2, -0.15) is 4.98 Å². The summed E-state index contributed by atoms with van der Waals surface area (Å²) >= 11 is 0. The van der Waals surface area contributed by atoms with Crippen LogP contribution in [0, 0.1) is 0 Å². The van der Waals surface area contributed by atoms with Gasteiger partial charge in [-0.1, -0.05) is 36.4 Å². The highest BCUT2D eigenvalue weighted by Crippen LogP contribution is 2.41. The molecule has 5 aromatic rings. The van der Waals surface area contributed by atoms with Gasteiger partial charge in [0.15, 0.2) is 15.4 Å². The van der Waals surface area contributed by atoms with Crippen LogP contribution in [0.4, 0.5) is 5.95 Å². The summed E-state index contributed by atoms with van der Waals surface area (Å²) in [6.07, 6.45) is 6.47. The number of hydrogen-bond acceptors (Lipinski definition) is 8. The minimum absolute atomic E-state index is 0.243. The first-order valence-electron chi connectivity index (χ1n) is 12.3. The molecule has 0 radical (unpaired) electrons. The van der Waals surface area contributed by atoms with E-state index in [1.54, 1.807) is 30.7 Å². The van der Waals surface area contributed by atoms with Gasteiger partial charge in [-0.25, -0.2) is 18.4 Å². The van der Waals surface area contributed by atoms with Crippen molar-refractivity contribution in [1.29, 1.82) is 0 Å². The molecule has 1 saturated carbocycles. The lowest BCUT2D eigenvalue weighted by Gasteiger charge is -2.15. The smallest absolute Gasteiger partial charge is 0.246 e. The van der Waals surface area contributed by atoms with E-state index in [9.17, 15) is 8.42 Å². The van der Waals surface area contributed by atoms with Gasteiger partial charge in [0.2, 0.25) is 11.8 Å². The van der Waals surface area contributed by atoms with Gasteiger partial charge in [-0.3, -0.25) is 0 Å². The topological polar surface area (TPSA) is 107 Å². The van der Waals surface area contributed by atoms with Crippen LogP contribution in [-0.2, 0) is 16.4 Å². The zero-order chi connectivity index (χ0) is 26.3. The van der Waals surface area contributed by atoms with Crippen LogP contribution in [0.15, 0.2) is 88.6 Å². The Bertz CT molecular complexity index is 1730. The number of nitrogens with one attached hydrogen (secondary N) is 1. The van der Waals surface area contributed by atoms with Gasteiger partial charge < -0.3 is 14.5 Å². The predicted octanol–water partition coefficient (Wildman–Crippen LogP) is 5.90. The van der Waals surface area contributed by atoms with Crippen molar-refractivity contribution < 1.29 is 17.6 Å². The summed E-state index contributed by atoms with van der Waals surface area (Å²) in [6, 6.07) is 20.6. The maximum Gasteiger partial charge on any atom is 0.246 e. The standard InChI is InChI=1S/C29H26N4O4S/c1-29(13-14-29)37-27-26-25(11-10-24(31-26)21-4-3-5-23(16-21)38(2,34)35)32-28(33-27)30-17-19-6-8-20(9-7-19)22-12-15-36-18-22/h3-12,15-16,18H,13-14,17H2,1-2H3,(H,30,32,33). The lowest BCUT2D eigenvalue weighted by molar-refractivity contribution is 0.194. The zero-order valence-corrected chi connectivity index (χ0v) is 21.8. The fourth-order valence-electron chi connectivity index (χ4n) is 4.12. The van der Waals surface area contributed by atoms with Crippen LogP contribution in [0.5, 0.6) is 5.88 Å². The monoisotopic (exact) mass is 526 g/mol. The van der Waals surface area contributed by atoms with Gasteiger partial charge in [0.05, 0.1) is 28.6 Å². The number of pyridine rings is 1. The fraction of sp³-hybridized carbons (Fsp3) is 0.207. The number of aromatic nitrogens is 3. The predicted molar refractivity (Wildman–Crippen MR) is 146 cm³/mol. The van der Waals surface area contributed by atoms with E-state index in [4.69, 9.17) is 14.1 Å². The molecule has 0 amide bonds. The molecule has 3 heterocycles. The highest BCUT2D eigenvalue weighted by Gasteiger charge is 2.41. The minimum Gasteiger partial charge on any atom is -0.472 e. The third kappa shape index (κ3) is 5.10. The van der Waals surface area contributed by atoms with Crippen molar-refractivity contribution in [3.63, 3.8) is 0 Å². The van der Waals surface area contributed by atoms with E-state index in [2.05, 4.69) is 46.5 Å². The van der Waals surface area contributed by atoms with Crippen LogP contribution in [0.3, 0.4) is 0 Å². The Morgan fingerprint density at radius 1 is 0.947 bits per heavy atom. The van der Waals surface area contributed by atoms with E-state index in [1.165, 1.54) is 6.26 Å². The second-order valence-corrected chi connectivity index (χ2v) is 11.8.